The number of hydrogen-bond acceptors (Lipinski definition) is 3. The van der Waals surface area contributed by atoms with Gasteiger partial charge in [0.25, 0.3) is 0 Å². The van der Waals surface area contributed by atoms with Crippen molar-refractivity contribution in [2.45, 2.75) is 119 Å². The molecule has 0 N–H and O–H groups in total. The van der Waals surface area contributed by atoms with E-state index >= 15 is 0 Å². The molecule has 0 amide bonds. The highest BCUT2D eigenvalue weighted by Gasteiger charge is 2.71. The molecule has 0 aromatic carbocycles. The molecule has 0 heterocycles. The van der Waals surface area contributed by atoms with Crippen molar-refractivity contribution in [3.8, 4) is 0 Å². The molecule has 5 saturated carbocycles. The number of carbonyl (C=O) groups excluding carboxylic acids is 2. The predicted molar refractivity (Wildman–Crippen MR) is 141 cm³/mol. The molecule has 10 atom stereocenters. The lowest BCUT2D eigenvalue weighted by molar-refractivity contribution is -0.247. The van der Waals surface area contributed by atoms with Crippen LogP contribution >= 0.6 is 0 Å². The first kappa shape index (κ1) is 25.5. The lowest BCUT2D eigenvalue weighted by atomic mass is 9.32. The van der Waals surface area contributed by atoms with E-state index in [2.05, 4.69) is 48.1 Å². The summed E-state index contributed by atoms with van der Waals surface area (Å²) in [5, 5.41) is 0. The van der Waals surface area contributed by atoms with Crippen LogP contribution < -0.4 is 0 Å². The summed E-state index contributed by atoms with van der Waals surface area (Å²) < 4.78 is 5.89. The summed E-state index contributed by atoms with van der Waals surface area (Å²) in [4.78, 5) is 24.5. The van der Waals surface area contributed by atoms with Crippen LogP contribution in [0.2, 0.25) is 0 Å². The first-order valence-corrected chi connectivity index (χ1v) is 14.6. The molecule has 0 aromatic rings. The summed E-state index contributed by atoms with van der Waals surface area (Å²) in [6.07, 6.45) is 13.1. The molecule has 0 aliphatic heterocycles. The molecule has 0 radical (unpaired) electrons. The van der Waals surface area contributed by atoms with Crippen molar-refractivity contribution in [1.29, 1.82) is 0 Å². The van der Waals surface area contributed by atoms with Crippen molar-refractivity contribution in [2.24, 2.45) is 56.7 Å². The van der Waals surface area contributed by atoms with Gasteiger partial charge in [-0.3, -0.25) is 4.79 Å². The maximum absolute atomic E-state index is 12.6. The first-order chi connectivity index (χ1) is 16.3. The van der Waals surface area contributed by atoms with Crippen LogP contribution in [0.5, 0.6) is 0 Å². The van der Waals surface area contributed by atoms with E-state index in [1.54, 1.807) is 6.92 Å². The Morgan fingerprint density at radius 2 is 1.54 bits per heavy atom. The molecule has 5 rings (SSSR count). The van der Waals surface area contributed by atoms with Gasteiger partial charge >= 0.3 is 5.97 Å². The molecule has 5 aliphatic carbocycles. The molecule has 5 aliphatic rings. The maximum Gasteiger partial charge on any atom is 0.302 e. The molecule has 0 unspecified atom stereocenters. The highest BCUT2D eigenvalue weighted by molar-refractivity contribution is 5.66. The van der Waals surface area contributed by atoms with Crippen molar-refractivity contribution in [3.05, 3.63) is 12.2 Å². The minimum absolute atomic E-state index is 0.00743. The van der Waals surface area contributed by atoms with Crippen molar-refractivity contribution >= 4 is 12.3 Å². The van der Waals surface area contributed by atoms with Gasteiger partial charge in [0.1, 0.15) is 12.4 Å². The average Bonchev–Trinajstić information content (AvgIpc) is 3.16. The van der Waals surface area contributed by atoms with E-state index in [1.165, 1.54) is 44.0 Å². The number of aldehydes is 1. The monoisotopic (exact) mass is 482 g/mol. The van der Waals surface area contributed by atoms with Crippen LogP contribution in [0, 0.1) is 56.7 Å². The molecule has 0 bridgehead atoms. The van der Waals surface area contributed by atoms with Gasteiger partial charge in [-0.15, -0.1) is 0 Å². The summed E-state index contributed by atoms with van der Waals surface area (Å²) in [5.41, 5.74) is 2.05. The number of hydrogen-bond donors (Lipinski definition) is 0. The zero-order valence-corrected chi connectivity index (χ0v) is 23.5. The van der Waals surface area contributed by atoms with Crippen LogP contribution in [0.15, 0.2) is 12.2 Å². The van der Waals surface area contributed by atoms with E-state index in [9.17, 15) is 9.59 Å². The molecule has 3 heteroatoms. The second kappa shape index (κ2) is 7.94. The van der Waals surface area contributed by atoms with Gasteiger partial charge in [-0.05, 0) is 117 Å². The third-order valence-electron chi connectivity index (χ3n) is 13.6. The highest BCUT2D eigenvalue weighted by atomic mass is 16.5. The Morgan fingerprint density at radius 3 is 2.17 bits per heavy atom. The van der Waals surface area contributed by atoms with Crippen molar-refractivity contribution < 1.29 is 14.3 Å². The minimum Gasteiger partial charge on any atom is -0.462 e. The summed E-state index contributed by atoms with van der Waals surface area (Å²) in [6.45, 7) is 20.8. The topological polar surface area (TPSA) is 43.4 Å². The number of fused-ring (bicyclic) bond motifs is 7. The standard InChI is InChI=1S/C32H50O3/c1-20(2)22-11-16-32(19-33)18-17-30(7)23(27(22)32)9-10-25-29(6)14-13-26(35-21(3)34)28(4,5)24(29)12-15-31(25,30)8/h19,22-27H,1,9-18H2,2-8H3/t22-,23+,24+,25+,26-,27-,29-,30-,31+,32+/m0/s1. The summed E-state index contributed by atoms with van der Waals surface area (Å²) in [5.74, 6) is 2.76. The Labute approximate surface area is 214 Å². The molecule has 0 aromatic heterocycles. The molecule has 0 saturated heterocycles. The van der Waals surface area contributed by atoms with Crippen LogP contribution in [0.4, 0.5) is 0 Å². The number of carbonyl (C=O) groups is 2. The van der Waals surface area contributed by atoms with Crippen LogP contribution in [-0.2, 0) is 14.3 Å². The Balaban J connectivity index is 1.51. The minimum atomic E-state index is -0.134. The quantitative estimate of drug-likeness (QED) is 0.234. The van der Waals surface area contributed by atoms with E-state index in [0.717, 1.165) is 32.1 Å². The zero-order valence-electron chi connectivity index (χ0n) is 23.5. The summed E-state index contributed by atoms with van der Waals surface area (Å²) in [7, 11) is 0. The highest BCUT2D eigenvalue weighted by Crippen LogP contribution is 2.77. The van der Waals surface area contributed by atoms with Crippen molar-refractivity contribution in [1.82, 2.24) is 0 Å². The lowest BCUT2D eigenvalue weighted by Gasteiger charge is -2.72. The van der Waals surface area contributed by atoms with E-state index in [4.69, 9.17) is 4.74 Å². The van der Waals surface area contributed by atoms with Crippen LogP contribution in [0.3, 0.4) is 0 Å². The normalized spacial score (nSPS) is 52.3. The fraction of sp³-hybridized carbons (Fsp3) is 0.875. The molecule has 5 fully saturated rings. The van der Waals surface area contributed by atoms with Gasteiger partial charge in [0.15, 0.2) is 0 Å². The Hall–Kier alpha value is -1.12. The van der Waals surface area contributed by atoms with Gasteiger partial charge in [0.05, 0.1) is 0 Å². The van der Waals surface area contributed by atoms with E-state index in [-0.39, 0.29) is 33.7 Å². The van der Waals surface area contributed by atoms with Gasteiger partial charge in [-0.1, -0.05) is 46.8 Å². The Kier molecular flexibility index (Phi) is 5.79. The fourth-order valence-electron chi connectivity index (χ4n) is 11.8. The number of esters is 1. The summed E-state index contributed by atoms with van der Waals surface area (Å²) >= 11 is 0. The van der Waals surface area contributed by atoms with Crippen LogP contribution in [0.1, 0.15) is 113 Å². The Bertz CT molecular complexity index is 920. The third-order valence-corrected chi connectivity index (χ3v) is 13.6. The predicted octanol–water partition coefficient (Wildman–Crippen LogP) is 7.77. The van der Waals surface area contributed by atoms with Gasteiger partial charge in [0.2, 0.25) is 0 Å². The average molecular weight is 483 g/mol. The van der Waals surface area contributed by atoms with Gasteiger partial charge in [0, 0.05) is 17.8 Å². The Morgan fingerprint density at radius 1 is 0.829 bits per heavy atom. The van der Waals surface area contributed by atoms with Crippen LogP contribution in [0.25, 0.3) is 0 Å². The van der Waals surface area contributed by atoms with Crippen molar-refractivity contribution in [2.75, 3.05) is 0 Å². The second-order valence-electron chi connectivity index (χ2n) is 15.0. The maximum atomic E-state index is 12.6. The smallest absolute Gasteiger partial charge is 0.302 e. The van der Waals surface area contributed by atoms with E-state index in [0.29, 0.717) is 35.0 Å². The van der Waals surface area contributed by atoms with Gasteiger partial charge in [-0.25, -0.2) is 0 Å². The third kappa shape index (κ3) is 3.21. The molecular weight excluding hydrogens is 432 g/mol. The molecule has 196 valence electrons. The van der Waals surface area contributed by atoms with Crippen molar-refractivity contribution in [3.63, 3.8) is 0 Å². The SMILES string of the molecule is C=C(C)[C@@H]1CC[C@]2(C=O)CC[C@@]3(C)[C@H](CC[C@@H]4[C@@]5(C)CC[C@H](OC(C)=O)C(C)(C)[C@H]5CC[C@]43C)[C@H]12. The fourth-order valence-corrected chi connectivity index (χ4v) is 11.8. The van der Waals surface area contributed by atoms with Crippen LogP contribution in [-0.4, -0.2) is 18.4 Å². The second-order valence-corrected chi connectivity index (χ2v) is 15.0. The van der Waals surface area contributed by atoms with E-state index < -0.39 is 0 Å². The molecule has 3 nitrogen and oxygen atoms in total. The zero-order chi connectivity index (χ0) is 25.6. The number of rotatable bonds is 3. The van der Waals surface area contributed by atoms with Gasteiger partial charge in [-0.2, -0.15) is 0 Å². The summed E-state index contributed by atoms with van der Waals surface area (Å²) in [6, 6.07) is 0. The largest absolute Gasteiger partial charge is 0.462 e. The first-order valence-electron chi connectivity index (χ1n) is 14.6. The lowest BCUT2D eigenvalue weighted by Crippen LogP contribution is -2.66. The molecule has 35 heavy (non-hydrogen) atoms. The van der Waals surface area contributed by atoms with Gasteiger partial charge < -0.3 is 9.53 Å². The molecular formula is C32H50O3. The number of allylic oxidation sites excluding steroid dienone is 1. The number of ether oxygens (including phenoxy) is 1. The molecule has 0 spiro atoms. The van der Waals surface area contributed by atoms with E-state index in [1.807, 2.05) is 0 Å².